The van der Waals surface area contributed by atoms with Crippen LogP contribution in [0, 0.1) is 0 Å². The van der Waals surface area contributed by atoms with Gasteiger partial charge in [0.1, 0.15) is 5.75 Å². The van der Waals surface area contributed by atoms with Crippen LogP contribution in [0.2, 0.25) is 0 Å². The van der Waals surface area contributed by atoms with E-state index in [1.807, 2.05) is 54.6 Å². The lowest BCUT2D eigenvalue weighted by Gasteiger charge is -2.08. The molecule has 0 aliphatic rings. The second kappa shape index (κ2) is 10.8. The molecule has 174 valence electrons. The number of esters is 1. The molecule has 0 unspecified atom stereocenters. The van der Waals surface area contributed by atoms with Gasteiger partial charge in [-0.05, 0) is 58.3 Å². The van der Waals surface area contributed by atoms with Gasteiger partial charge in [-0.15, -0.1) is 0 Å². The molecule has 0 aliphatic carbocycles. The molecule has 0 fully saturated rings. The van der Waals surface area contributed by atoms with Gasteiger partial charge in [0.05, 0.1) is 18.9 Å². The Balaban J connectivity index is 1.41. The normalized spacial score (nSPS) is 11.1. The lowest BCUT2D eigenvalue weighted by molar-refractivity contribution is -0.129. The maximum atomic E-state index is 12.5. The lowest BCUT2D eigenvalue weighted by atomic mass is 10.1. The summed E-state index contributed by atoms with van der Waals surface area (Å²) in [4.78, 5) is 24.7. The number of benzene rings is 4. The Morgan fingerprint density at radius 2 is 1.57 bits per heavy atom. The molecule has 4 aromatic rings. The van der Waals surface area contributed by atoms with Crippen molar-refractivity contribution in [1.82, 2.24) is 5.43 Å². The SMILES string of the molecule is COc1cc(/C=N/NC(=O)c2cc3ccccc3cc2O)ccc1OC(=O)/C=C/c1ccccc1. The van der Waals surface area contributed by atoms with Crippen LogP contribution >= 0.6 is 0 Å². The summed E-state index contributed by atoms with van der Waals surface area (Å²) in [6.45, 7) is 0. The fraction of sp³-hybridized carbons (Fsp3) is 0.0357. The first-order valence-corrected chi connectivity index (χ1v) is 10.7. The number of fused-ring (bicyclic) bond motifs is 1. The molecular formula is C28H22N2O5. The van der Waals surface area contributed by atoms with Crippen LogP contribution in [0.4, 0.5) is 0 Å². The monoisotopic (exact) mass is 466 g/mol. The predicted octanol–water partition coefficient (Wildman–Crippen LogP) is 4.94. The molecule has 7 heteroatoms. The number of hydrogen-bond acceptors (Lipinski definition) is 6. The summed E-state index contributed by atoms with van der Waals surface area (Å²) < 4.78 is 10.7. The van der Waals surface area contributed by atoms with Gasteiger partial charge in [-0.25, -0.2) is 10.2 Å². The third kappa shape index (κ3) is 5.91. The number of nitrogens with one attached hydrogen (secondary N) is 1. The second-order valence-corrected chi connectivity index (χ2v) is 7.49. The molecule has 1 amide bonds. The molecule has 0 atom stereocenters. The Labute approximate surface area is 201 Å². The number of rotatable bonds is 7. The van der Waals surface area contributed by atoms with Crippen LogP contribution in [-0.4, -0.2) is 30.3 Å². The van der Waals surface area contributed by atoms with Gasteiger partial charge in [0.15, 0.2) is 11.5 Å². The van der Waals surface area contributed by atoms with E-state index in [4.69, 9.17) is 9.47 Å². The number of hydrazone groups is 1. The number of methoxy groups -OCH3 is 1. The summed E-state index contributed by atoms with van der Waals surface area (Å²) in [5.41, 5.74) is 4.00. The first-order chi connectivity index (χ1) is 17.0. The van der Waals surface area contributed by atoms with Crippen LogP contribution in [0.15, 0.2) is 96.1 Å². The van der Waals surface area contributed by atoms with E-state index >= 15 is 0 Å². The Hall–Kier alpha value is -4.91. The Kier molecular flexibility index (Phi) is 7.18. The highest BCUT2D eigenvalue weighted by Crippen LogP contribution is 2.28. The van der Waals surface area contributed by atoms with Crippen molar-refractivity contribution in [1.29, 1.82) is 0 Å². The van der Waals surface area contributed by atoms with Crippen molar-refractivity contribution < 1.29 is 24.2 Å². The summed E-state index contributed by atoms with van der Waals surface area (Å²) in [7, 11) is 1.46. The zero-order valence-corrected chi connectivity index (χ0v) is 18.8. The van der Waals surface area contributed by atoms with Crippen molar-refractivity contribution in [2.24, 2.45) is 5.10 Å². The molecule has 0 aromatic heterocycles. The van der Waals surface area contributed by atoms with Gasteiger partial charge < -0.3 is 14.6 Å². The molecule has 0 saturated carbocycles. The van der Waals surface area contributed by atoms with Gasteiger partial charge in [0, 0.05) is 6.08 Å². The maximum absolute atomic E-state index is 12.5. The quantitative estimate of drug-likeness (QED) is 0.132. The first-order valence-electron chi connectivity index (χ1n) is 10.7. The van der Waals surface area contributed by atoms with Crippen molar-refractivity contribution in [3.63, 3.8) is 0 Å². The number of ether oxygens (including phenoxy) is 2. The van der Waals surface area contributed by atoms with Crippen LogP contribution in [0.3, 0.4) is 0 Å². The molecule has 0 saturated heterocycles. The highest BCUT2D eigenvalue weighted by molar-refractivity contribution is 6.01. The van der Waals surface area contributed by atoms with Gasteiger partial charge in [-0.2, -0.15) is 5.10 Å². The summed E-state index contributed by atoms with van der Waals surface area (Å²) in [5, 5.41) is 15.8. The van der Waals surface area contributed by atoms with Crippen LogP contribution < -0.4 is 14.9 Å². The van der Waals surface area contributed by atoms with E-state index in [-0.39, 0.29) is 17.1 Å². The Morgan fingerprint density at radius 3 is 2.31 bits per heavy atom. The van der Waals surface area contributed by atoms with E-state index in [1.54, 1.807) is 30.3 Å². The van der Waals surface area contributed by atoms with E-state index in [9.17, 15) is 14.7 Å². The molecule has 4 rings (SSSR count). The minimum atomic E-state index is -0.549. The van der Waals surface area contributed by atoms with E-state index in [1.165, 1.54) is 25.5 Å². The maximum Gasteiger partial charge on any atom is 0.336 e. The molecule has 0 bridgehead atoms. The zero-order valence-electron chi connectivity index (χ0n) is 18.8. The summed E-state index contributed by atoms with van der Waals surface area (Å²) in [6, 6.07) is 24.8. The number of phenols is 1. The Bertz CT molecular complexity index is 1430. The predicted molar refractivity (Wildman–Crippen MR) is 135 cm³/mol. The summed E-state index contributed by atoms with van der Waals surface area (Å²) in [5.74, 6) is -0.653. The van der Waals surface area contributed by atoms with Crippen molar-refractivity contribution in [2.45, 2.75) is 0 Å². The first kappa shape index (κ1) is 23.3. The molecule has 2 N–H and O–H groups in total. The summed E-state index contributed by atoms with van der Waals surface area (Å²) in [6.07, 6.45) is 4.41. The standard InChI is InChI=1S/C28H22N2O5/c1-34-26-15-20(11-13-25(26)35-27(32)14-12-19-7-3-2-4-8-19)18-29-30-28(33)23-16-21-9-5-6-10-22(21)17-24(23)31/h2-18,31H,1H3,(H,30,33)/b14-12+,29-18+. The number of phenolic OH excluding ortho intramolecular Hbond substituents is 1. The number of carbonyl (C=O) groups is 2. The fourth-order valence-electron chi connectivity index (χ4n) is 3.36. The lowest BCUT2D eigenvalue weighted by Crippen LogP contribution is -2.17. The highest BCUT2D eigenvalue weighted by atomic mass is 16.6. The topological polar surface area (TPSA) is 97.2 Å². The average molecular weight is 466 g/mol. The van der Waals surface area contributed by atoms with Crippen molar-refractivity contribution in [3.8, 4) is 17.2 Å². The van der Waals surface area contributed by atoms with Crippen LogP contribution in [-0.2, 0) is 4.79 Å². The van der Waals surface area contributed by atoms with Gasteiger partial charge in [-0.3, -0.25) is 4.79 Å². The number of carbonyl (C=O) groups excluding carboxylic acids is 2. The largest absolute Gasteiger partial charge is 0.507 e. The highest BCUT2D eigenvalue weighted by Gasteiger charge is 2.12. The zero-order chi connectivity index (χ0) is 24.6. The Morgan fingerprint density at radius 1 is 0.857 bits per heavy atom. The smallest absolute Gasteiger partial charge is 0.336 e. The van der Waals surface area contributed by atoms with E-state index in [0.717, 1.165) is 16.3 Å². The molecule has 0 aliphatic heterocycles. The van der Waals surface area contributed by atoms with E-state index < -0.39 is 11.9 Å². The fourth-order valence-corrected chi connectivity index (χ4v) is 3.36. The molecule has 0 heterocycles. The molecule has 0 radical (unpaired) electrons. The minimum absolute atomic E-state index is 0.115. The molecular weight excluding hydrogens is 444 g/mol. The van der Waals surface area contributed by atoms with Crippen LogP contribution in [0.25, 0.3) is 16.8 Å². The molecule has 0 spiro atoms. The average Bonchev–Trinajstić information content (AvgIpc) is 2.88. The van der Waals surface area contributed by atoms with Crippen molar-refractivity contribution in [3.05, 3.63) is 108 Å². The number of nitrogens with zero attached hydrogens (tertiary/aromatic N) is 1. The molecule has 4 aromatic carbocycles. The number of amides is 1. The second-order valence-electron chi connectivity index (χ2n) is 7.49. The third-order valence-electron chi connectivity index (χ3n) is 5.10. The van der Waals surface area contributed by atoms with Crippen LogP contribution in [0.5, 0.6) is 17.2 Å². The van der Waals surface area contributed by atoms with E-state index in [2.05, 4.69) is 10.5 Å². The minimum Gasteiger partial charge on any atom is -0.507 e. The van der Waals surface area contributed by atoms with Gasteiger partial charge in [0.25, 0.3) is 5.91 Å². The van der Waals surface area contributed by atoms with Crippen LogP contribution in [0.1, 0.15) is 21.5 Å². The summed E-state index contributed by atoms with van der Waals surface area (Å²) >= 11 is 0. The molecule has 35 heavy (non-hydrogen) atoms. The van der Waals surface area contributed by atoms with Gasteiger partial charge >= 0.3 is 5.97 Å². The molecule has 7 nitrogen and oxygen atoms in total. The van der Waals surface area contributed by atoms with E-state index in [0.29, 0.717) is 11.3 Å². The van der Waals surface area contributed by atoms with Crippen molar-refractivity contribution in [2.75, 3.05) is 7.11 Å². The van der Waals surface area contributed by atoms with Crippen molar-refractivity contribution >= 4 is 34.9 Å². The third-order valence-corrected chi connectivity index (χ3v) is 5.10. The van der Waals surface area contributed by atoms with Gasteiger partial charge in [-0.1, -0.05) is 54.6 Å². The van der Waals surface area contributed by atoms with Gasteiger partial charge in [0.2, 0.25) is 0 Å². The number of hydrogen-bond donors (Lipinski definition) is 2. The number of aromatic hydroxyl groups is 1.